The SMILES string of the molecule is C=C1[CH]CC[N]C1. The van der Waals surface area contributed by atoms with E-state index in [-0.39, 0.29) is 0 Å². The highest BCUT2D eigenvalue weighted by molar-refractivity contribution is 5.12. The summed E-state index contributed by atoms with van der Waals surface area (Å²) in [6, 6.07) is 0. The highest BCUT2D eigenvalue weighted by Crippen LogP contribution is 2.03. The molecule has 1 rings (SSSR count). The molecule has 0 unspecified atom stereocenters. The van der Waals surface area contributed by atoms with Crippen molar-refractivity contribution in [2.45, 2.75) is 6.42 Å². The third kappa shape index (κ3) is 1.32. The summed E-state index contributed by atoms with van der Waals surface area (Å²) in [5.74, 6) is 0. The van der Waals surface area contributed by atoms with E-state index in [4.69, 9.17) is 0 Å². The molecule has 1 heteroatoms. The van der Waals surface area contributed by atoms with Crippen LogP contribution in [0.3, 0.4) is 0 Å². The molecule has 0 atom stereocenters. The van der Waals surface area contributed by atoms with Crippen molar-refractivity contribution >= 4 is 0 Å². The van der Waals surface area contributed by atoms with Crippen LogP contribution >= 0.6 is 0 Å². The Morgan fingerprint density at radius 2 is 2.57 bits per heavy atom. The quantitative estimate of drug-likeness (QED) is 0.421. The lowest BCUT2D eigenvalue weighted by atomic mass is 10.1. The van der Waals surface area contributed by atoms with Gasteiger partial charge in [-0.1, -0.05) is 12.2 Å². The fourth-order valence-electron chi connectivity index (χ4n) is 0.647. The highest BCUT2D eigenvalue weighted by Gasteiger charge is 2.00. The van der Waals surface area contributed by atoms with Gasteiger partial charge in [-0.25, -0.2) is 5.32 Å². The number of hydrogen-bond acceptors (Lipinski definition) is 0. The summed E-state index contributed by atoms with van der Waals surface area (Å²) < 4.78 is 0. The zero-order chi connectivity index (χ0) is 5.11. The van der Waals surface area contributed by atoms with Crippen molar-refractivity contribution < 1.29 is 0 Å². The lowest BCUT2D eigenvalue weighted by molar-refractivity contribution is 0.667. The van der Waals surface area contributed by atoms with Gasteiger partial charge in [-0.3, -0.25) is 0 Å². The Morgan fingerprint density at radius 3 is 2.86 bits per heavy atom. The molecule has 0 amide bonds. The zero-order valence-electron chi connectivity index (χ0n) is 4.35. The maximum absolute atomic E-state index is 4.13. The number of piperidine rings is 1. The first kappa shape index (κ1) is 4.85. The molecule has 0 aromatic carbocycles. The Morgan fingerprint density at radius 1 is 1.71 bits per heavy atom. The third-order valence-electron chi connectivity index (χ3n) is 1.04. The van der Waals surface area contributed by atoms with Gasteiger partial charge >= 0.3 is 0 Å². The van der Waals surface area contributed by atoms with Crippen molar-refractivity contribution in [2.24, 2.45) is 0 Å². The van der Waals surface area contributed by atoms with Crippen molar-refractivity contribution in [3.05, 3.63) is 18.6 Å². The molecule has 1 nitrogen and oxygen atoms in total. The first-order valence-corrected chi connectivity index (χ1v) is 2.54. The van der Waals surface area contributed by atoms with Gasteiger partial charge in [0.1, 0.15) is 0 Å². The largest absolute Gasteiger partial charge is 0.237 e. The average Bonchev–Trinajstić information content (AvgIpc) is 1.69. The molecule has 0 spiro atoms. The Hall–Kier alpha value is -0.300. The molecule has 0 aromatic rings. The lowest BCUT2D eigenvalue weighted by Crippen LogP contribution is -2.16. The Balaban J connectivity index is 2.25. The minimum atomic E-state index is 0.861. The smallest absolute Gasteiger partial charge is 0.0343 e. The van der Waals surface area contributed by atoms with Gasteiger partial charge in [0.2, 0.25) is 0 Å². The van der Waals surface area contributed by atoms with Crippen LogP contribution in [-0.4, -0.2) is 13.1 Å². The van der Waals surface area contributed by atoms with Crippen LogP contribution in [0.15, 0.2) is 12.2 Å². The topological polar surface area (TPSA) is 14.1 Å². The van der Waals surface area contributed by atoms with Gasteiger partial charge < -0.3 is 0 Å². The third-order valence-corrected chi connectivity index (χ3v) is 1.04. The molecule has 2 radical (unpaired) electrons. The van der Waals surface area contributed by atoms with E-state index in [0.717, 1.165) is 19.5 Å². The Kier molecular flexibility index (Phi) is 1.47. The predicted molar refractivity (Wildman–Crippen MR) is 29.9 cm³/mol. The summed E-state index contributed by atoms with van der Waals surface area (Å²) >= 11 is 0. The molecule has 1 fully saturated rings. The van der Waals surface area contributed by atoms with Crippen LogP contribution in [0.25, 0.3) is 0 Å². The van der Waals surface area contributed by atoms with E-state index in [1.165, 1.54) is 5.57 Å². The van der Waals surface area contributed by atoms with E-state index in [2.05, 4.69) is 18.3 Å². The fourth-order valence-corrected chi connectivity index (χ4v) is 0.647. The van der Waals surface area contributed by atoms with Gasteiger partial charge in [0.15, 0.2) is 0 Å². The van der Waals surface area contributed by atoms with Crippen molar-refractivity contribution in [2.75, 3.05) is 13.1 Å². The zero-order valence-corrected chi connectivity index (χ0v) is 4.35. The second kappa shape index (κ2) is 2.12. The molecule has 0 saturated carbocycles. The molecule has 0 N–H and O–H groups in total. The van der Waals surface area contributed by atoms with Crippen molar-refractivity contribution in [3.8, 4) is 0 Å². The second-order valence-corrected chi connectivity index (χ2v) is 1.76. The number of rotatable bonds is 0. The standard InChI is InChI=1S/C6H9N/c1-6-3-2-4-7-5-6/h3H,1-2,4-5H2. The molecule has 1 aliphatic heterocycles. The molecule has 0 aliphatic carbocycles. The molecule has 1 heterocycles. The van der Waals surface area contributed by atoms with E-state index in [1.54, 1.807) is 0 Å². The minimum Gasteiger partial charge on any atom is -0.237 e. The average molecular weight is 95.1 g/mol. The lowest BCUT2D eigenvalue weighted by Gasteiger charge is -2.10. The van der Waals surface area contributed by atoms with Crippen LogP contribution in [0.2, 0.25) is 0 Å². The van der Waals surface area contributed by atoms with E-state index in [1.807, 2.05) is 0 Å². The second-order valence-electron chi connectivity index (χ2n) is 1.76. The molecule has 38 valence electrons. The van der Waals surface area contributed by atoms with Crippen LogP contribution in [0.4, 0.5) is 0 Å². The van der Waals surface area contributed by atoms with Crippen LogP contribution < -0.4 is 5.32 Å². The van der Waals surface area contributed by atoms with Gasteiger partial charge in [0, 0.05) is 13.1 Å². The van der Waals surface area contributed by atoms with Gasteiger partial charge in [0.25, 0.3) is 0 Å². The molecule has 0 bridgehead atoms. The highest BCUT2D eigenvalue weighted by atomic mass is 14.9. The van der Waals surface area contributed by atoms with Gasteiger partial charge in [-0.2, -0.15) is 0 Å². The van der Waals surface area contributed by atoms with E-state index >= 15 is 0 Å². The van der Waals surface area contributed by atoms with Crippen LogP contribution in [0, 0.1) is 6.42 Å². The number of hydrogen-bond donors (Lipinski definition) is 0. The molecule has 7 heavy (non-hydrogen) atoms. The first-order valence-electron chi connectivity index (χ1n) is 2.54. The molecule has 1 saturated heterocycles. The van der Waals surface area contributed by atoms with Crippen molar-refractivity contribution in [1.82, 2.24) is 5.32 Å². The fraction of sp³-hybridized carbons (Fsp3) is 0.500. The minimum absolute atomic E-state index is 0.861. The summed E-state index contributed by atoms with van der Waals surface area (Å²) in [5.41, 5.74) is 1.17. The molecule has 0 aromatic heterocycles. The van der Waals surface area contributed by atoms with E-state index < -0.39 is 0 Å². The van der Waals surface area contributed by atoms with Crippen molar-refractivity contribution in [1.29, 1.82) is 0 Å². The summed E-state index contributed by atoms with van der Waals surface area (Å²) in [6.45, 7) is 5.62. The van der Waals surface area contributed by atoms with Crippen molar-refractivity contribution in [3.63, 3.8) is 0 Å². The summed E-state index contributed by atoms with van der Waals surface area (Å²) in [4.78, 5) is 0. The number of nitrogens with zero attached hydrogens (tertiary/aromatic N) is 1. The van der Waals surface area contributed by atoms with Crippen LogP contribution in [0.5, 0.6) is 0 Å². The Bertz CT molecular complexity index is 68.2. The van der Waals surface area contributed by atoms with Gasteiger partial charge in [0.05, 0.1) is 0 Å². The molecular weight excluding hydrogens is 86.1 g/mol. The molecule has 1 aliphatic rings. The summed E-state index contributed by atoms with van der Waals surface area (Å²) in [6.07, 6.45) is 3.24. The maximum Gasteiger partial charge on any atom is 0.0343 e. The summed E-state index contributed by atoms with van der Waals surface area (Å²) in [5, 5.41) is 4.13. The normalized spacial score (nSPS) is 22.6. The molecular formula is C6H9N. The Labute approximate surface area is 44.4 Å². The van der Waals surface area contributed by atoms with Gasteiger partial charge in [-0.05, 0) is 12.8 Å². The van der Waals surface area contributed by atoms with E-state index in [0.29, 0.717) is 0 Å². The first-order chi connectivity index (χ1) is 3.39. The monoisotopic (exact) mass is 95.1 g/mol. The summed E-state index contributed by atoms with van der Waals surface area (Å²) in [7, 11) is 0. The van der Waals surface area contributed by atoms with Crippen LogP contribution in [-0.2, 0) is 0 Å². The van der Waals surface area contributed by atoms with Gasteiger partial charge in [-0.15, -0.1) is 0 Å². The maximum atomic E-state index is 4.13. The van der Waals surface area contributed by atoms with Crippen LogP contribution in [0.1, 0.15) is 6.42 Å². The predicted octanol–water partition coefficient (Wildman–Crippen LogP) is 0.755. The van der Waals surface area contributed by atoms with E-state index in [9.17, 15) is 0 Å².